The second kappa shape index (κ2) is 7.92. The van der Waals surface area contributed by atoms with Crippen molar-refractivity contribution in [3.05, 3.63) is 0 Å². The Kier molecular flexibility index (Phi) is 6.67. The summed E-state index contributed by atoms with van der Waals surface area (Å²) < 4.78 is 10.2. The first kappa shape index (κ1) is 21.0. The number of hydrogen-bond donors (Lipinski definition) is 3. The molecule has 1 aliphatic rings. The largest absolute Gasteiger partial charge is 0.479 e. The maximum absolute atomic E-state index is 12.5. The van der Waals surface area contributed by atoms with Crippen LogP contribution in [0, 0.1) is 5.92 Å². The van der Waals surface area contributed by atoms with Crippen molar-refractivity contribution in [1.82, 2.24) is 5.32 Å². The molecule has 0 aromatic carbocycles. The minimum absolute atomic E-state index is 0.0996. The topological polar surface area (TPSA) is 145 Å². The van der Waals surface area contributed by atoms with Crippen LogP contribution in [0.15, 0.2) is 0 Å². The van der Waals surface area contributed by atoms with Crippen molar-refractivity contribution in [2.45, 2.75) is 57.3 Å². The molecule has 1 fully saturated rings. The van der Waals surface area contributed by atoms with Crippen LogP contribution in [0.3, 0.4) is 0 Å². The standard InChI is InChI=1S/C16H26N2O7/c1-15(2,3)25-13(21)9(5-6-17)8-16(14(22)23)11(19)7-10(24-4)12(20)18-16/h9-10H,5-8,17H2,1-4H3,(H,18,20)(H,22,23)/t9?,10?,16-/m1/s1. The molecule has 0 saturated carbocycles. The Morgan fingerprint density at radius 2 is 2.00 bits per heavy atom. The number of ketones is 1. The van der Waals surface area contributed by atoms with Crippen molar-refractivity contribution in [3.63, 3.8) is 0 Å². The molecule has 0 radical (unpaired) electrons. The lowest BCUT2D eigenvalue weighted by molar-refractivity contribution is -0.166. The summed E-state index contributed by atoms with van der Waals surface area (Å²) >= 11 is 0. The van der Waals surface area contributed by atoms with Gasteiger partial charge in [0.2, 0.25) is 0 Å². The Balaban J connectivity index is 3.12. The van der Waals surface area contributed by atoms with Crippen LogP contribution in [-0.4, -0.2) is 59.6 Å². The summed E-state index contributed by atoms with van der Waals surface area (Å²) in [5.41, 5.74) is 2.55. The zero-order chi connectivity index (χ0) is 19.4. The highest BCUT2D eigenvalue weighted by atomic mass is 16.6. The normalized spacial score (nSPS) is 25.2. The first-order valence-corrected chi connectivity index (χ1v) is 8.01. The van der Waals surface area contributed by atoms with E-state index in [9.17, 15) is 24.3 Å². The van der Waals surface area contributed by atoms with Crippen LogP contribution >= 0.6 is 0 Å². The number of Topliss-reactive ketones (excluding diaryl/α,β-unsaturated/α-hetero) is 1. The zero-order valence-electron chi connectivity index (χ0n) is 15.0. The third kappa shape index (κ3) is 4.99. The summed E-state index contributed by atoms with van der Waals surface area (Å²) in [5.74, 6) is -4.55. The van der Waals surface area contributed by atoms with Gasteiger partial charge in [-0.2, -0.15) is 0 Å². The summed E-state index contributed by atoms with van der Waals surface area (Å²) in [6.07, 6.45) is -1.72. The molecule has 142 valence electrons. The number of carboxylic acids is 1. The number of ether oxygens (including phenoxy) is 2. The summed E-state index contributed by atoms with van der Waals surface area (Å²) in [6, 6.07) is 0. The van der Waals surface area contributed by atoms with Gasteiger partial charge in [0, 0.05) is 20.0 Å². The first-order valence-electron chi connectivity index (χ1n) is 8.01. The van der Waals surface area contributed by atoms with E-state index in [0.717, 1.165) is 0 Å². The van der Waals surface area contributed by atoms with E-state index < -0.39 is 53.2 Å². The number of aliphatic carboxylic acids is 1. The smallest absolute Gasteiger partial charge is 0.337 e. The number of piperidine rings is 1. The Bertz CT molecular complexity index is 555. The van der Waals surface area contributed by atoms with Crippen LogP contribution < -0.4 is 11.1 Å². The minimum atomic E-state index is -2.19. The van der Waals surface area contributed by atoms with Gasteiger partial charge in [-0.15, -0.1) is 0 Å². The van der Waals surface area contributed by atoms with Crippen molar-refractivity contribution < 1.29 is 33.8 Å². The number of rotatable bonds is 7. The van der Waals surface area contributed by atoms with Crippen molar-refractivity contribution >= 4 is 23.6 Å². The molecule has 1 rings (SSSR count). The average Bonchev–Trinajstić information content (AvgIpc) is 2.47. The van der Waals surface area contributed by atoms with E-state index in [2.05, 4.69) is 5.32 Å². The van der Waals surface area contributed by atoms with Gasteiger partial charge in [-0.1, -0.05) is 0 Å². The van der Waals surface area contributed by atoms with Crippen molar-refractivity contribution in [2.24, 2.45) is 11.7 Å². The van der Waals surface area contributed by atoms with Gasteiger partial charge in [-0.3, -0.25) is 14.4 Å². The number of nitrogens with one attached hydrogen (secondary N) is 1. The van der Waals surface area contributed by atoms with E-state index in [4.69, 9.17) is 15.2 Å². The molecule has 9 nitrogen and oxygen atoms in total. The van der Waals surface area contributed by atoms with Gasteiger partial charge in [-0.05, 0) is 33.7 Å². The maximum Gasteiger partial charge on any atom is 0.337 e. The molecule has 1 aliphatic heterocycles. The SMILES string of the molecule is COC1CC(=O)[C@](CC(CCN)C(=O)OC(C)(C)C)(C(=O)O)NC1=O. The van der Waals surface area contributed by atoms with E-state index in [0.29, 0.717) is 0 Å². The number of nitrogens with two attached hydrogens (primary N) is 1. The number of hydrogen-bond acceptors (Lipinski definition) is 7. The molecule has 0 bridgehead atoms. The molecule has 4 N–H and O–H groups in total. The van der Waals surface area contributed by atoms with Crippen LogP contribution in [0.25, 0.3) is 0 Å². The average molecular weight is 358 g/mol. The Morgan fingerprint density at radius 3 is 2.44 bits per heavy atom. The molecule has 25 heavy (non-hydrogen) atoms. The lowest BCUT2D eigenvalue weighted by atomic mass is 9.78. The predicted octanol–water partition coefficient (Wildman–Crippen LogP) is -0.389. The fourth-order valence-electron chi connectivity index (χ4n) is 2.67. The molecule has 2 unspecified atom stereocenters. The summed E-state index contributed by atoms with van der Waals surface area (Å²) in [5, 5.41) is 11.8. The lowest BCUT2D eigenvalue weighted by Crippen LogP contribution is -2.67. The van der Waals surface area contributed by atoms with E-state index in [1.54, 1.807) is 20.8 Å². The highest BCUT2D eigenvalue weighted by Crippen LogP contribution is 2.29. The van der Waals surface area contributed by atoms with Gasteiger partial charge >= 0.3 is 11.9 Å². The van der Waals surface area contributed by atoms with Gasteiger partial charge in [0.05, 0.1) is 5.92 Å². The van der Waals surface area contributed by atoms with Crippen molar-refractivity contribution in [1.29, 1.82) is 0 Å². The Hall–Kier alpha value is -2.00. The monoisotopic (exact) mass is 358 g/mol. The quantitative estimate of drug-likeness (QED) is 0.412. The number of amides is 1. The van der Waals surface area contributed by atoms with Gasteiger partial charge in [-0.25, -0.2) is 4.79 Å². The molecule has 0 aromatic rings. The molecular formula is C16H26N2O7. The molecule has 0 spiro atoms. The summed E-state index contributed by atoms with van der Waals surface area (Å²) in [6.45, 7) is 5.12. The Labute approximate surface area is 146 Å². The van der Waals surface area contributed by atoms with Crippen LogP contribution in [0.5, 0.6) is 0 Å². The molecule has 3 atom stereocenters. The van der Waals surface area contributed by atoms with Crippen LogP contribution in [0.1, 0.15) is 40.0 Å². The van der Waals surface area contributed by atoms with Crippen LogP contribution in [-0.2, 0) is 28.7 Å². The summed E-state index contributed by atoms with van der Waals surface area (Å²) in [4.78, 5) is 48.7. The second-order valence-electron chi connectivity index (χ2n) is 7.06. The van der Waals surface area contributed by atoms with E-state index in [1.165, 1.54) is 7.11 Å². The number of carbonyl (C=O) groups excluding carboxylic acids is 3. The predicted molar refractivity (Wildman–Crippen MR) is 86.6 cm³/mol. The first-order chi connectivity index (χ1) is 11.5. The third-order valence-electron chi connectivity index (χ3n) is 3.93. The molecular weight excluding hydrogens is 332 g/mol. The van der Waals surface area contributed by atoms with Gasteiger partial charge in [0.15, 0.2) is 11.3 Å². The zero-order valence-corrected chi connectivity index (χ0v) is 15.0. The lowest BCUT2D eigenvalue weighted by Gasteiger charge is -2.37. The molecule has 1 amide bonds. The number of methoxy groups -OCH3 is 1. The molecule has 9 heteroatoms. The molecule has 0 aromatic heterocycles. The van der Waals surface area contributed by atoms with Crippen LogP contribution in [0.2, 0.25) is 0 Å². The maximum atomic E-state index is 12.5. The highest BCUT2D eigenvalue weighted by molar-refractivity contribution is 6.14. The molecule has 0 aliphatic carbocycles. The van der Waals surface area contributed by atoms with Gasteiger partial charge < -0.3 is 25.6 Å². The summed E-state index contributed by atoms with van der Waals surface area (Å²) in [7, 11) is 1.25. The Morgan fingerprint density at radius 1 is 1.40 bits per heavy atom. The highest BCUT2D eigenvalue weighted by Gasteiger charge is 2.54. The molecule has 1 heterocycles. The van der Waals surface area contributed by atoms with E-state index >= 15 is 0 Å². The van der Waals surface area contributed by atoms with Gasteiger partial charge in [0.1, 0.15) is 11.7 Å². The second-order valence-corrected chi connectivity index (χ2v) is 7.06. The minimum Gasteiger partial charge on any atom is -0.479 e. The molecule has 1 saturated heterocycles. The third-order valence-corrected chi connectivity index (χ3v) is 3.93. The van der Waals surface area contributed by atoms with Gasteiger partial charge in [0.25, 0.3) is 5.91 Å². The van der Waals surface area contributed by atoms with E-state index in [1.807, 2.05) is 0 Å². The fourth-order valence-corrected chi connectivity index (χ4v) is 2.67. The number of esters is 1. The van der Waals surface area contributed by atoms with Crippen molar-refractivity contribution in [2.75, 3.05) is 13.7 Å². The van der Waals surface area contributed by atoms with Crippen LogP contribution in [0.4, 0.5) is 0 Å². The van der Waals surface area contributed by atoms with Crippen molar-refractivity contribution in [3.8, 4) is 0 Å². The fraction of sp³-hybridized carbons (Fsp3) is 0.750. The number of carboxylic acid groups (broad SMARTS) is 1. The number of carbonyl (C=O) groups is 4. The van der Waals surface area contributed by atoms with E-state index in [-0.39, 0.29) is 19.4 Å².